The van der Waals surface area contributed by atoms with Crippen LogP contribution >= 0.6 is 0 Å². The maximum absolute atomic E-state index is 11.1. The first kappa shape index (κ1) is 16.5. The largest absolute Gasteiger partial charge is 0.373 e. The molecule has 1 aliphatic rings. The van der Waals surface area contributed by atoms with Gasteiger partial charge in [0, 0.05) is 29.8 Å². The van der Waals surface area contributed by atoms with Crippen molar-refractivity contribution in [3.63, 3.8) is 0 Å². The maximum atomic E-state index is 11.1. The molecule has 22 heavy (non-hydrogen) atoms. The molecule has 0 fully saturated rings. The van der Waals surface area contributed by atoms with Crippen molar-refractivity contribution >= 4 is 11.4 Å². The van der Waals surface area contributed by atoms with Crippen LogP contribution in [-0.4, -0.2) is 22.8 Å². The quantitative estimate of drug-likeness (QED) is 0.473. The number of hydrogen-bond acceptors (Lipinski definition) is 4. The lowest BCUT2D eigenvalue weighted by Crippen LogP contribution is -2.45. The lowest BCUT2D eigenvalue weighted by atomic mass is 9.73. The highest BCUT2D eigenvalue weighted by Crippen LogP contribution is 2.50. The summed E-state index contributed by atoms with van der Waals surface area (Å²) in [7, 11) is 0. The fourth-order valence-electron chi connectivity index (χ4n) is 3.74. The fraction of sp³-hybridized carbons (Fsp3) is 0.529. The Labute approximate surface area is 131 Å². The number of nitro benzene ring substituents is 1. The molecule has 1 aromatic rings. The zero-order valence-electron chi connectivity index (χ0n) is 13.3. The van der Waals surface area contributed by atoms with E-state index in [0.717, 1.165) is 36.9 Å². The molecule has 120 valence electrons. The third-order valence-electron chi connectivity index (χ3n) is 4.54. The summed E-state index contributed by atoms with van der Waals surface area (Å²) in [5.74, 6) is 0. The highest BCUT2D eigenvalue weighted by atomic mass is 16.6. The van der Waals surface area contributed by atoms with Crippen molar-refractivity contribution in [3.05, 3.63) is 46.5 Å². The van der Waals surface area contributed by atoms with Gasteiger partial charge in [0.05, 0.1) is 4.92 Å². The Kier molecular flexibility index (Phi) is 4.86. The van der Waals surface area contributed by atoms with E-state index in [-0.39, 0.29) is 10.6 Å². The van der Waals surface area contributed by atoms with Gasteiger partial charge in [-0.25, -0.2) is 0 Å². The summed E-state index contributed by atoms with van der Waals surface area (Å²) in [6.45, 7) is 8.45. The molecule has 0 aliphatic carbocycles. The van der Waals surface area contributed by atoms with Crippen LogP contribution in [0.5, 0.6) is 0 Å². The van der Waals surface area contributed by atoms with Crippen molar-refractivity contribution in [2.45, 2.75) is 51.2 Å². The van der Waals surface area contributed by atoms with Gasteiger partial charge < -0.3 is 10.0 Å². The normalized spacial score (nSPS) is 19.0. The predicted octanol–water partition coefficient (Wildman–Crippen LogP) is 3.76. The second-order valence-electron chi connectivity index (χ2n) is 5.93. The van der Waals surface area contributed by atoms with Crippen molar-refractivity contribution in [3.8, 4) is 0 Å². The number of benzene rings is 1. The highest BCUT2D eigenvalue weighted by Gasteiger charge is 2.49. The van der Waals surface area contributed by atoms with Gasteiger partial charge in [-0.15, -0.1) is 6.58 Å². The molecule has 1 aliphatic heterocycles. The molecule has 0 amide bonds. The Hall–Kier alpha value is -1.88. The minimum Gasteiger partial charge on any atom is -0.373 e. The Morgan fingerprint density at radius 1 is 1.41 bits per heavy atom. The van der Waals surface area contributed by atoms with E-state index in [1.807, 2.05) is 4.90 Å². The van der Waals surface area contributed by atoms with E-state index in [0.29, 0.717) is 6.54 Å². The summed E-state index contributed by atoms with van der Waals surface area (Å²) in [6, 6.07) is 4.91. The number of aliphatic hydroxyl groups excluding tert-OH is 1. The molecule has 0 radical (unpaired) electrons. The molecular weight excluding hydrogens is 280 g/mol. The molecule has 0 saturated carbocycles. The third-order valence-corrected chi connectivity index (χ3v) is 4.54. The van der Waals surface area contributed by atoms with Crippen LogP contribution in [0.25, 0.3) is 0 Å². The van der Waals surface area contributed by atoms with Crippen LogP contribution in [0.15, 0.2) is 30.9 Å². The van der Waals surface area contributed by atoms with Crippen molar-refractivity contribution in [1.29, 1.82) is 0 Å². The zero-order valence-corrected chi connectivity index (χ0v) is 13.3. The first-order chi connectivity index (χ1) is 10.5. The molecule has 1 atom stereocenters. The van der Waals surface area contributed by atoms with Crippen molar-refractivity contribution in [2.24, 2.45) is 0 Å². The predicted molar refractivity (Wildman–Crippen MR) is 88.1 cm³/mol. The van der Waals surface area contributed by atoms with E-state index < -0.39 is 11.6 Å². The van der Waals surface area contributed by atoms with Gasteiger partial charge in [-0.2, -0.15) is 0 Å². The van der Waals surface area contributed by atoms with Gasteiger partial charge in [-0.3, -0.25) is 10.1 Å². The van der Waals surface area contributed by atoms with E-state index in [2.05, 4.69) is 20.4 Å². The van der Waals surface area contributed by atoms with Gasteiger partial charge in [0.25, 0.3) is 5.69 Å². The number of non-ortho nitro benzene ring substituents is 1. The molecule has 2 rings (SSSR count). The molecule has 1 heterocycles. The average molecular weight is 304 g/mol. The molecule has 0 aromatic heterocycles. The first-order valence-corrected chi connectivity index (χ1v) is 7.86. The molecule has 1 N–H and O–H groups in total. The van der Waals surface area contributed by atoms with Crippen molar-refractivity contribution in [2.75, 3.05) is 11.4 Å². The summed E-state index contributed by atoms with van der Waals surface area (Å²) in [4.78, 5) is 12.7. The van der Waals surface area contributed by atoms with E-state index >= 15 is 0 Å². The molecule has 0 spiro atoms. The summed E-state index contributed by atoms with van der Waals surface area (Å²) >= 11 is 0. The summed E-state index contributed by atoms with van der Waals surface area (Å²) < 4.78 is 0. The lowest BCUT2D eigenvalue weighted by molar-refractivity contribution is -0.384. The second-order valence-corrected chi connectivity index (χ2v) is 5.93. The van der Waals surface area contributed by atoms with E-state index in [1.54, 1.807) is 18.2 Å². The Morgan fingerprint density at radius 3 is 2.55 bits per heavy atom. The van der Waals surface area contributed by atoms with E-state index in [1.165, 1.54) is 6.07 Å². The molecule has 5 nitrogen and oxygen atoms in total. The van der Waals surface area contributed by atoms with Gasteiger partial charge >= 0.3 is 0 Å². The zero-order chi connectivity index (χ0) is 16.3. The Morgan fingerprint density at radius 2 is 2.05 bits per heavy atom. The Balaban J connectivity index is 2.62. The summed E-state index contributed by atoms with van der Waals surface area (Å²) in [5.41, 5.74) is 1.44. The van der Waals surface area contributed by atoms with E-state index in [9.17, 15) is 15.2 Å². The van der Waals surface area contributed by atoms with E-state index in [4.69, 9.17) is 0 Å². The van der Waals surface area contributed by atoms with Crippen LogP contribution < -0.4 is 4.90 Å². The minimum absolute atomic E-state index is 0.0861. The highest BCUT2D eigenvalue weighted by molar-refractivity contribution is 5.67. The molecule has 0 saturated heterocycles. The maximum Gasteiger partial charge on any atom is 0.269 e. The SMILES string of the molecule is C=CCN1c2ccc([N+](=O)[O-])cc2C(CCC)(CCC)C1O. The second kappa shape index (κ2) is 6.48. The van der Waals surface area contributed by atoms with Gasteiger partial charge in [-0.1, -0.05) is 32.8 Å². The molecule has 1 aromatic carbocycles. The van der Waals surface area contributed by atoms with Gasteiger partial charge in [-0.05, 0) is 24.5 Å². The number of nitrogens with zero attached hydrogens (tertiary/aromatic N) is 2. The first-order valence-electron chi connectivity index (χ1n) is 7.86. The molecule has 5 heteroatoms. The van der Waals surface area contributed by atoms with Crippen LogP contribution in [0.2, 0.25) is 0 Å². The lowest BCUT2D eigenvalue weighted by Gasteiger charge is -2.35. The van der Waals surface area contributed by atoms with Crippen molar-refractivity contribution < 1.29 is 10.0 Å². The summed E-state index contributed by atoms with van der Waals surface area (Å²) in [6.07, 6.45) is 4.54. The topological polar surface area (TPSA) is 66.6 Å². The Bertz CT molecular complexity index is 565. The minimum atomic E-state index is -0.664. The van der Waals surface area contributed by atoms with Crippen LogP contribution in [-0.2, 0) is 5.41 Å². The number of aliphatic hydroxyl groups is 1. The molecule has 0 bridgehead atoms. The number of hydrogen-bond donors (Lipinski definition) is 1. The van der Waals surface area contributed by atoms with Crippen LogP contribution in [0.4, 0.5) is 11.4 Å². The third kappa shape index (κ3) is 2.50. The van der Waals surface area contributed by atoms with Crippen molar-refractivity contribution in [1.82, 2.24) is 0 Å². The standard InChI is InChI=1S/C17H24N2O3/c1-4-9-17(10-5-2)14-12-13(19(21)22)7-8-15(14)18(11-6-3)16(17)20/h6-8,12,16,20H,3-5,9-11H2,1-2H3. The number of anilines is 1. The van der Waals surface area contributed by atoms with Crippen LogP contribution in [0.1, 0.15) is 45.1 Å². The van der Waals surface area contributed by atoms with Gasteiger partial charge in [0.1, 0.15) is 6.23 Å². The number of fused-ring (bicyclic) bond motifs is 1. The number of rotatable bonds is 7. The molecular formula is C17H24N2O3. The van der Waals surface area contributed by atoms with Crippen LogP contribution in [0.3, 0.4) is 0 Å². The van der Waals surface area contributed by atoms with Gasteiger partial charge in [0.2, 0.25) is 0 Å². The smallest absolute Gasteiger partial charge is 0.269 e. The monoisotopic (exact) mass is 304 g/mol. The summed E-state index contributed by atoms with van der Waals surface area (Å²) in [5, 5.41) is 22.1. The molecule has 1 unspecified atom stereocenters. The number of nitro groups is 1. The van der Waals surface area contributed by atoms with Gasteiger partial charge in [0.15, 0.2) is 0 Å². The van der Waals surface area contributed by atoms with Crippen LogP contribution in [0, 0.1) is 10.1 Å². The fourth-order valence-corrected chi connectivity index (χ4v) is 3.74. The average Bonchev–Trinajstić information content (AvgIpc) is 2.71.